The van der Waals surface area contributed by atoms with Crippen LogP contribution in [0.3, 0.4) is 0 Å². The van der Waals surface area contributed by atoms with Gasteiger partial charge in [0, 0.05) is 5.56 Å². The fraction of sp³-hybridized carbons (Fsp3) is 0.467. The molecule has 2 aromatic rings. The normalized spacial score (nSPS) is 16.2. The molecule has 1 aromatic heterocycles. The van der Waals surface area contributed by atoms with Crippen LogP contribution in [-0.2, 0) is 6.54 Å². The van der Waals surface area contributed by atoms with Crippen molar-refractivity contribution in [1.82, 2.24) is 15.1 Å². The number of hydrogen-bond donors (Lipinski definition) is 0. The van der Waals surface area contributed by atoms with Crippen molar-refractivity contribution in [2.45, 2.75) is 25.8 Å². The molecule has 0 N–H and O–H groups in total. The molecule has 5 heteroatoms. The van der Waals surface area contributed by atoms with Gasteiger partial charge in [0.1, 0.15) is 5.75 Å². The van der Waals surface area contributed by atoms with E-state index >= 15 is 0 Å². The molecule has 0 spiro atoms. The van der Waals surface area contributed by atoms with Crippen molar-refractivity contribution in [3.05, 3.63) is 30.2 Å². The lowest BCUT2D eigenvalue weighted by atomic mass is 10.1. The van der Waals surface area contributed by atoms with Crippen molar-refractivity contribution in [2.24, 2.45) is 0 Å². The molecule has 0 radical (unpaired) electrons. The number of likely N-dealkylation sites (tertiary alicyclic amines) is 1. The van der Waals surface area contributed by atoms with Crippen LogP contribution in [0.15, 0.2) is 28.7 Å². The Labute approximate surface area is 118 Å². The van der Waals surface area contributed by atoms with Gasteiger partial charge >= 0.3 is 0 Å². The standard InChI is InChI=1S/C15H19N3O2/c1-19-13-7-5-6-12(10-13)15-17-16-14(20-15)11-18-8-3-2-4-9-18/h5-7,10H,2-4,8-9,11H2,1H3. The number of rotatable bonds is 4. The first kappa shape index (κ1) is 13.1. The van der Waals surface area contributed by atoms with E-state index in [1.165, 1.54) is 19.3 Å². The SMILES string of the molecule is COc1cccc(-c2nnc(CN3CCCCC3)o2)c1. The molecular weight excluding hydrogens is 254 g/mol. The average molecular weight is 273 g/mol. The second-order valence-corrected chi connectivity index (χ2v) is 5.07. The molecule has 2 heterocycles. The van der Waals surface area contributed by atoms with Crippen molar-refractivity contribution < 1.29 is 9.15 Å². The third-order valence-corrected chi connectivity index (χ3v) is 3.59. The highest BCUT2D eigenvalue weighted by atomic mass is 16.5. The average Bonchev–Trinajstić information content (AvgIpc) is 2.97. The van der Waals surface area contributed by atoms with Gasteiger partial charge in [-0.2, -0.15) is 0 Å². The Balaban J connectivity index is 1.72. The molecule has 1 aliphatic rings. The lowest BCUT2D eigenvalue weighted by Crippen LogP contribution is -2.29. The van der Waals surface area contributed by atoms with E-state index < -0.39 is 0 Å². The molecule has 1 saturated heterocycles. The molecule has 0 atom stereocenters. The van der Waals surface area contributed by atoms with Gasteiger partial charge in [0.15, 0.2) is 0 Å². The minimum atomic E-state index is 0.552. The Morgan fingerprint density at radius 3 is 2.85 bits per heavy atom. The molecule has 1 fully saturated rings. The molecule has 0 aliphatic carbocycles. The third kappa shape index (κ3) is 2.99. The zero-order chi connectivity index (χ0) is 13.8. The molecule has 106 valence electrons. The van der Waals surface area contributed by atoms with E-state index in [4.69, 9.17) is 9.15 Å². The number of piperidine rings is 1. The third-order valence-electron chi connectivity index (χ3n) is 3.59. The fourth-order valence-corrected chi connectivity index (χ4v) is 2.50. The fourth-order valence-electron chi connectivity index (χ4n) is 2.50. The van der Waals surface area contributed by atoms with Crippen LogP contribution in [0.1, 0.15) is 25.2 Å². The van der Waals surface area contributed by atoms with Gasteiger partial charge in [-0.25, -0.2) is 0 Å². The van der Waals surface area contributed by atoms with Crippen molar-refractivity contribution in [3.8, 4) is 17.2 Å². The topological polar surface area (TPSA) is 51.4 Å². The minimum absolute atomic E-state index is 0.552. The summed E-state index contributed by atoms with van der Waals surface area (Å²) < 4.78 is 11.0. The van der Waals surface area contributed by atoms with Gasteiger partial charge in [-0.1, -0.05) is 12.5 Å². The molecule has 20 heavy (non-hydrogen) atoms. The van der Waals surface area contributed by atoms with Gasteiger partial charge < -0.3 is 9.15 Å². The van der Waals surface area contributed by atoms with E-state index in [0.717, 1.165) is 30.9 Å². The lowest BCUT2D eigenvalue weighted by Gasteiger charge is -2.24. The summed E-state index contributed by atoms with van der Waals surface area (Å²) >= 11 is 0. The highest BCUT2D eigenvalue weighted by molar-refractivity contribution is 5.55. The summed E-state index contributed by atoms with van der Waals surface area (Å²) in [5.41, 5.74) is 0.891. The maximum atomic E-state index is 5.75. The van der Waals surface area contributed by atoms with Gasteiger partial charge in [0.2, 0.25) is 11.8 Å². The molecule has 3 rings (SSSR count). The molecule has 5 nitrogen and oxygen atoms in total. The van der Waals surface area contributed by atoms with Crippen molar-refractivity contribution in [2.75, 3.05) is 20.2 Å². The van der Waals surface area contributed by atoms with E-state index in [0.29, 0.717) is 11.8 Å². The highest BCUT2D eigenvalue weighted by Crippen LogP contribution is 2.23. The van der Waals surface area contributed by atoms with Crippen LogP contribution < -0.4 is 4.74 Å². The van der Waals surface area contributed by atoms with E-state index in [-0.39, 0.29) is 0 Å². The Hall–Kier alpha value is -1.88. The second-order valence-electron chi connectivity index (χ2n) is 5.07. The number of methoxy groups -OCH3 is 1. The van der Waals surface area contributed by atoms with Crippen LogP contribution in [0.2, 0.25) is 0 Å². The number of nitrogens with zero attached hydrogens (tertiary/aromatic N) is 3. The first-order valence-electron chi connectivity index (χ1n) is 7.04. The number of aromatic nitrogens is 2. The van der Waals surface area contributed by atoms with Gasteiger partial charge in [0.05, 0.1) is 13.7 Å². The summed E-state index contributed by atoms with van der Waals surface area (Å²) in [5.74, 6) is 2.03. The quantitative estimate of drug-likeness (QED) is 0.857. The molecule has 1 aliphatic heterocycles. The number of benzene rings is 1. The smallest absolute Gasteiger partial charge is 0.247 e. The van der Waals surface area contributed by atoms with Gasteiger partial charge in [0.25, 0.3) is 0 Å². The maximum absolute atomic E-state index is 5.75. The van der Waals surface area contributed by atoms with Crippen LogP contribution >= 0.6 is 0 Å². The Kier molecular flexibility index (Phi) is 3.97. The van der Waals surface area contributed by atoms with E-state index in [1.807, 2.05) is 24.3 Å². The Bertz CT molecular complexity index is 562. The summed E-state index contributed by atoms with van der Waals surface area (Å²) in [6.07, 6.45) is 3.85. The molecule has 0 unspecified atom stereocenters. The molecule has 0 amide bonds. The Morgan fingerprint density at radius 2 is 2.05 bits per heavy atom. The van der Waals surface area contributed by atoms with Crippen molar-refractivity contribution >= 4 is 0 Å². The predicted octanol–water partition coefficient (Wildman–Crippen LogP) is 2.73. The summed E-state index contributed by atoms with van der Waals surface area (Å²) in [5, 5.41) is 8.27. The summed E-state index contributed by atoms with van der Waals surface area (Å²) in [6.45, 7) is 2.99. The minimum Gasteiger partial charge on any atom is -0.497 e. The summed E-state index contributed by atoms with van der Waals surface area (Å²) in [7, 11) is 1.65. The number of ether oxygens (including phenoxy) is 1. The number of hydrogen-bond acceptors (Lipinski definition) is 5. The highest BCUT2D eigenvalue weighted by Gasteiger charge is 2.15. The van der Waals surface area contributed by atoms with Crippen LogP contribution in [0.25, 0.3) is 11.5 Å². The zero-order valence-corrected chi connectivity index (χ0v) is 11.7. The molecule has 1 aromatic carbocycles. The zero-order valence-electron chi connectivity index (χ0n) is 11.7. The van der Waals surface area contributed by atoms with E-state index in [9.17, 15) is 0 Å². The summed E-state index contributed by atoms with van der Waals surface area (Å²) in [6, 6.07) is 7.66. The Morgan fingerprint density at radius 1 is 1.20 bits per heavy atom. The van der Waals surface area contributed by atoms with Crippen LogP contribution in [0.5, 0.6) is 5.75 Å². The lowest BCUT2D eigenvalue weighted by molar-refractivity contribution is 0.202. The van der Waals surface area contributed by atoms with Gasteiger partial charge in [-0.05, 0) is 44.1 Å². The monoisotopic (exact) mass is 273 g/mol. The van der Waals surface area contributed by atoms with Crippen LogP contribution in [-0.4, -0.2) is 35.3 Å². The predicted molar refractivity (Wildman–Crippen MR) is 75.4 cm³/mol. The van der Waals surface area contributed by atoms with E-state index in [2.05, 4.69) is 15.1 Å². The largest absolute Gasteiger partial charge is 0.497 e. The second kappa shape index (κ2) is 6.05. The first-order valence-corrected chi connectivity index (χ1v) is 7.04. The molecule has 0 bridgehead atoms. The van der Waals surface area contributed by atoms with Gasteiger partial charge in [-0.3, -0.25) is 4.90 Å². The first-order chi connectivity index (χ1) is 9.85. The van der Waals surface area contributed by atoms with Crippen LogP contribution in [0.4, 0.5) is 0 Å². The van der Waals surface area contributed by atoms with Crippen molar-refractivity contribution in [3.63, 3.8) is 0 Å². The molecule has 0 saturated carbocycles. The van der Waals surface area contributed by atoms with Crippen LogP contribution in [0, 0.1) is 0 Å². The van der Waals surface area contributed by atoms with Crippen molar-refractivity contribution in [1.29, 1.82) is 0 Å². The maximum Gasteiger partial charge on any atom is 0.247 e. The van der Waals surface area contributed by atoms with E-state index in [1.54, 1.807) is 7.11 Å². The van der Waals surface area contributed by atoms with Gasteiger partial charge in [-0.15, -0.1) is 10.2 Å². The summed E-state index contributed by atoms with van der Waals surface area (Å²) in [4.78, 5) is 2.37. The molecular formula is C15H19N3O2.